The molecule has 0 aliphatic heterocycles. The highest BCUT2D eigenvalue weighted by atomic mass is 16.5. The average Bonchev–Trinajstić information content (AvgIpc) is 3.26. The van der Waals surface area contributed by atoms with Gasteiger partial charge in [-0.3, -0.25) is 4.79 Å². The minimum atomic E-state index is -0.904. The van der Waals surface area contributed by atoms with Gasteiger partial charge in [-0.05, 0) is 85.7 Å². The van der Waals surface area contributed by atoms with Gasteiger partial charge >= 0.3 is 5.97 Å². The molecule has 3 rings (SSSR count). The third-order valence-corrected chi connectivity index (χ3v) is 6.24. The predicted octanol–water partition coefficient (Wildman–Crippen LogP) is 5.69. The van der Waals surface area contributed by atoms with Crippen molar-refractivity contribution < 1.29 is 18.7 Å². The summed E-state index contributed by atoms with van der Waals surface area (Å²) in [6, 6.07) is 11.5. The summed E-state index contributed by atoms with van der Waals surface area (Å²) >= 11 is 0. The molecule has 1 aromatic heterocycles. The molecular formula is C27H33NO4. The number of rotatable bonds is 6. The summed E-state index contributed by atoms with van der Waals surface area (Å²) in [6.07, 6.45) is 0.603. The van der Waals surface area contributed by atoms with Crippen molar-refractivity contribution in [3.05, 3.63) is 92.9 Å². The molecule has 0 aliphatic carbocycles. The number of methoxy groups -OCH3 is 1. The van der Waals surface area contributed by atoms with E-state index in [0.717, 1.165) is 0 Å². The van der Waals surface area contributed by atoms with Crippen molar-refractivity contribution in [2.45, 2.75) is 54.5 Å². The number of nitrogens with one attached hydrogen (secondary N) is 1. The Morgan fingerprint density at radius 3 is 2.00 bits per heavy atom. The van der Waals surface area contributed by atoms with E-state index in [2.05, 4.69) is 39.9 Å². The van der Waals surface area contributed by atoms with Crippen LogP contribution < -0.4 is 5.32 Å². The van der Waals surface area contributed by atoms with Crippen molar-refractivity contribution in [1.29, 1.82) is 0 Å². The number of amides is 1. The molecule has 3 aromatic rings. The van der Waals surface area contributed by atoms with Crippen LogP contribution in [0.1, 0.15) is 68.7 Å². The molecule has 1 unspecified atom stereocenters. The number of benzene rings is 2. The van der Waals surface area contributed by atoms with Crippen molar-refractivity contribution in [2.75, 3.05) is 7.11 Å². The molecule has 170 valence electrons. The first kappa shape index (κ1) is 24.9. The molecule has 0 aliphatic rings. The molecule has 2 aromatic carbocycles. The zero-order valence-corrected chi connectivity index (χ0v) is 19.0. The first-order valence-corrected chi connectivity index (χ1v) is 10.3. The van der Waals surface area contributed by atoms with Gasteiger partial charge < -0.3 is 14.5 Å². The SMILES string of the molecule is C.COC(=O)C(NC(=O)c1ccc(Cc2c(C)c(C)c(C)c(C)c2C)o1)c1ccccc1. The maximum atomic E-state index is 12.8. The van der Waals surface area contributed by atoms with Gasteiger partial charge in [-0.15, -0.1) is 0 Å². The molecule has 0 saturated carbocycles. The summed E-state index contributed by atoms with van der Waals surface area (Å²) < 4.78 is 10.7. The Balaban J connectivity index is 0.00000363. The Hall–Kier alpha value is -3.34. The maximum absolute atomic E-state index is 12.8. The van der Waals surface area contributed by atoms with Crippen molar-refractivity contribution in [2.24, 2.45) is 0 Å². The van der Waals surface area contributed by atoms with E-state index >= 15 is 0 Å². The van der Waals surface area contributed by atoms with Crippen LogP contribution in [0.25, 0.3) is 0 Å². The second-order valence-corrected chi connectivity index (χ2v) is 7.89. The van der Waals surface area contributed by atoms with E-state index in [1.54, 1.807) is 30.3 Å². The Labute approximate surface area is 190 Å². The molecule has 1 amide bonds. The summed E-state index contributed by atoms with van der Waals surface area (Å²) in [6.45, 7) is 10.7. The zero-order chi connectivity index (χ0) is 22.7. The second-order valence-electron chi connectivity index (χ2n) is 7.89. The fraction of sp³-hybridized carbons (Fsp3) is 0.333. The molecular weight excluding hydrogens is 402 g/mol. The Kier molecular flexibility index (Phi) is 8.03. The van der Waals surface area contributed by atoms with Crippen LogP contribution in [0.5, 0.6) is 0 Å². The van der Waals surface area contributed by atoms with Crippen LogP contribution in [-0.2, 0) is 16.0 Å². The molecule has 1 N–H and O–H groups in total. The Morgan fingerprint density at radius 1 is 0.875 bits per heavy atom. The normalized spacial score (nSPS) is 11.4. The third kappa shape index (κ3) is 4.93. The molecule has 0 spiro atoms. The van der Waals surface area contributed by atoms with Gasteiger partial charge in [0.2, 0.25) is 0 Å². The molecule has 0 bridgehead atoms. The molecule has 0 saturated heterocycles. The topological polar surface area (TPSA) is 68.5 Å². The lowest BCUT2D eigenvalue weighted by Crippen LogP contribution is -2.34. The van der Waals surface area contributed by atoms with E-state index in [1.807, 2.05) is 12.1 Å². The van der Waals surface area contributed by atoms with Crippen molar-refractivity contribution in [3.63, 3.8) is 0 Å². The molecule has 5 nitrogen and oxygen atoms in total. The first-order chi connectivity index (χ1) is 14.7. The van der Waals surface area contributed by atoms with Crippen LogP contribution in [0.4, 0.5) is 0 Å². The number of hydrogen-bond donors (Lipinski definition) is 1. The van der Waals surface area contributed by atoms with Gasteiger partial charge in [0.05, 0.1) is 7.11 Å². The van der Waals surface area contributed by atoms with Crippen LogP contribution in [-0.4, -0.2) is 19.0 Å². The Bertz CT molecular complexity index is 1080. The van der Waals surface area contributed by atoms with Crippen LogP contribution in [0.3, 0.4) is 0 Å². The number of carbonyl (C=O) groups excluding carboxylic acids is 2. The van der Waals surface area contributed by atoms with E-state index in [0.29, 0.717) is 17.7 Å². The molecule has 0 fully saturated rings. The van der Waals surface area contributed by atoms with E-state index in [4.69, 9.17) is 9.15 Å². The van der Waals surface area contributed by atoms with E-state index in [9.17, 15) is 9.59 Å². The zero-order valence-electron chi connectivity index (χ0n) is 19.0. The summed E-state index contributed by atoms with van der Waals surface area (Å²) in [5.74, 6) is -0.137. The van der Waals surface area contributed by atoms with Gasteiger partial charge in [-0.1, -0.05) is 37.8 Å². The number of hydrogen-bond acceptors (Lipinski definition) is 4. The molecule has 0 radical (unpaired) electrons. The lowest BCUT2D eigenvalue weighted by molar-refractivity contribution is -0.143. The highest BCUT2D eigenvalue weighted by Crippen LogP contribution is 2.28. The highest BCUT2D eigenvalue weighted by molar-refractivity contribution is 5.94. The largest absolute Gasteiger partial charge is 0.467 e. The fourth-order valence-electron chi connectivity index (χ4n) is 3.86. The van der Waals surface area contributed by atoms with E-state index in [1.165, 1.54) is 40.5 Å². The van der Waals surface area contributed by atoms with Gasteiger partial charge in [0, 0.05) is 6.42 Å². The number of furan rings is 1. The van der Waals surface area contributed by atoms with Gasteiger partial charge in [-0.2, -0.15) is 0 Å². The number of ether oxygens (including phenoxy) is 1. The van der Waals surface area contributed by atoms with Crippen molar-refractivity contribution in [3.8, 4) is 0 Å². The third-order valence-electron chi connectivity index (χ3n) is 6.24. The second kappa shape index (κ2) is 10.3. The van der Waals surface area contributed by atoms with Gasteiger partial charge in [0.15, 0.2) is 11.8 Å². The van der Waals surface area contributed by atoms with Gasteiger partial charge in [0.1, 0.15) is 5.76 Å². The predicted molar refractivity (Wildman–Crippen MR) is 127 cm³/mol. The quantitative estimate of drug-likeness (QED) is 0.505. The van der Waals surface area contributed by atoms with Crippen LogP contribution in [0.2, 0.25) is 0 Å². The maximum Gasteiger partial charge on any atom is 0.333 e. The van der Waals surface area contributed by atoms with Crippen molar-refractivity contribution >= 4 is 11.9 Å². The summed E-state index contributed by atoms with van der Waals surface area (Å²) in [5, 5.41) is 2.72. The van der Waals surface area contributed by atoms with Crippen molar-refractivity contribution in [1.82, 2.24) is 5.32 Å². The summed E-state index contributed by atoms with van der Waals surface area (Å²) in [7, 11) is 1.30. The van der Waals surface area contributed by atoms with E-state index in [-0.39, 0.29) is 13.2 Å². The lowest BCUT2D eigenvalue weighted by atomic mass is 9.88. The van der Waals surface area contributed by atoms with Crippen LogP contribution in [0.15, 0.2) is 46.9 Å². The molecule has 1 heterocycles. The minimum Gasteiger partial charge on any atom is -0.467 e. The smallest absolute Gasteiger partial charge is 0.333 e. The van der Waals surface area contributed by atoms with Gasteiger partial charge in [0.25, 0.3) is 5.91 Å². The van der Waals surface area contributed by atoms with Crippen LogP contribution >= 0.6 is 0 Å². The highest BCUT2D eigenvalue weighted by Gasteiger charge is 2.25. The minimum absolute atomic E-state index is 0. The monoisotopic (exact) mass is 435 g/mol. The standard InChI is InChI=1S/C26H29NO4.CH4/c1-15-16(2)18(4)22(19(5)17(15)3)14-21-12-13-23(31-21)25(28)27-24(26(29)30-6)20-10-8-7-9-11-20;/h7-13,24H,14H2,1-6H3,(H,27,28);1H4. The number of carbonyl (C=O) groups is 2. The average molecular weight is 436 g/mol. The summed E-state index contributed by atoms with van der Waals surface area (Å²) in [4.78, 5) is 25.0. The fourth-order valence-corrected chi connectivity index (χ4v) is 3.86. The molecule has 1 atom stereocenters. The molecule has 32 heavy (non-hydrogen) atoms. The lowest BCUT2D eigenvalue weighted by Gasteiger charge is -2.18. The molecule has 5 heteroatoms. The van der Waals surface area contributed by atoms with Gasteiger partial charge in [-0.25, -0.2) is 4.79 Å². The number of esters is 1. The first-order valence-electron chi connectivity index (χ1n) is 10.3. The van der Waals surface area contributed by atoms with E-state index < -0.39 is 17.9 Å². The van der Waals surface area contributed by atoms with Crippen LogP contribution in [0, 0.1) is 34.6 Å². The summed E-state index contributed by atoms with van der Waals surface area (Å²) in [5.41, 5.74) is 8.24. The Morgan fingerprint density at radius 2 is 1.44 bits per heavy atom.